The standard InChI is InChI=1S/C29H29Cl2N5O/c1-18-26(35-12-14-37-15-13-35)28(16-32,17-33)36-29(18,20-6-10-22(31)11-7-20)25-23(27(25,2)3)24(34-36)19-4-8-21(30)9-5-19/h4-11,18,23,25-26H,12-15H2,1-3H3/t18-,23-,25+,26+,29-/m1/s1. The monoisotopic (exact) mass is 533 g/mol. The van der Waals surface area contributed by atoms with E-state index in [1.54, 1.807) is 0 Å². The van der Waals surface area contributed by atoms with Crippen molar-refractivity contribution in [3.63, 3.8) is 0 Å². The molecule has 0 N–H and O–H groups in total. The number of benzene rings is 2. The fraction of sp³-hybridized carbons (Fsp3) is 0.483. The smallest absolute Gasteiger partial charge is 0.246 e. The topological polar surface area (TPSA) is 75.7 Å². The average Bonchev–Trinajstić information content (AvgIpc) is 3.41. The molecule has 3 heterocycles. The molecule has 0 bridgehead atoms. The zero-order valence-electron chi connectivity index (χ0n) is 21.2. The van der Waals surface area contributed by atoms with Crippen molar-refractivity contribution >= 4 is 28.9 Å². The third-order valence-corrected chi connectivity index (χ3v) is 9.81. The summed E-state index contributed by atoms with van der Waals surface area (Å²) in [5.74, 6) is 0.254. The van der Waals surface area contributed by atoms with Gasteiger partial charge in [0.15, 0.2) is 0 Å². The Balaban J connectivity index is 1.64. The number of hydrazone groups is 1. The van der Waals surface area contributed by atoms with E-state index in [4.69, 9.17) is 33.0 Å². The van der Waals surface area contributed by atoms with Crippen molar-refractivity contribution in [1.29, 1.82) is 10.5 Å². The van der Waals surface area contributed by atoms with Crippen molar-refractivity contribution in [3.05, 3.63) is 69.7 Å². The summed E-state index contributed by atoms with van der Waals surface area (Å²) in [6.07, 6.45) is 0. The van der Waals surface area contributed by atoms with Gasteiger partial charge in [-0.3, -0.25) is 9.91 Å². The van der Waals surface area contributed by atoms with Crippen LogP contribution in [0.1, 0.15) is 31.9 Å². The number of ether oxygens (including phenoxy) is 1. The average molecular weight is 534 g/mol. The third-order valence-electron chi connectivity index (χ3n) is 9.31. The molecule has 0 aromatic heterocycles. The second kappa shape index (κ2) is 8.45. The first-order chi connectivity index (χ1) is 17.7. The highest BCUT2D eigenvalue weighted by Crippen LogP contribution is 2.75. The summed E-state index contributed by atoms with van der Waals surface area (Å²) >= 11 is 12.5. The first kappa shape index (κ1) is 24.7. The van der Waals surface area contributed by atoms with E-state index < -0.39 is 11.1 Å². The minimum Gasteiger partial charge on any atom is -0.379 e. The number of fused-ring (bicyclic) bond motifs is 3. The lowest BCUT2D eigenvalue weighted by Gasteiger charge is -2.46. The summed E-state index contributed by atoms with van der Waals surface area (Å²) in [6.45, 7) is 9.29. The van der Waals surface area contributed by atoms with Crippen LogP contribution in [0.3, 0.4) is 0 Å². The molecule has 6 nitrogen and oxygen atoms in total. The van der Waals surface area contributed by atoms with Crippen LogP contribution in [-0.4, -0.2) is 53.5 Å². The van der Waals surface area contributed by atoms with Gasteiger partial charge in [0, 0.05) is 40.9 Å². The lowest BCUT2D eigenvalue weighted by Crippen LogP contribution is -2.58. The van der Waals surface area contributed by atoms with Gasteiger partial charge in [-0.25, -0.2) is 0 Å². The lowest BCUT2D eigenvalue weighted by molar-refractivity contribution is -0.00104. The maximum absolute atomic E-state index is 10.8. The molecule has 2 aromatic rings. The van der Waals surface area contributed by atoms with E-state index in [1.165, 1.54) is 0 Å². The highest BCUT2D eigenvalue weighted by Gasteiger charge is 2.81. The molecule has 5 atom stereocenters. The van der Waals surface area contributed by atoms with Crippen LogP contribution in [0, 0.1) is 45.8 Å². The number of hydrogen-bond acceptors (Lipinski definition) is 6. The Hall–Kier alpha value is -2.61. The van der Waals surface area contributed by atoms with Crippen molar-refractivity contribution in [1.82, 2.24) is 9.91 Å². The van der Waals surface area contributed by atoms with Crippen molar-refractivity contribution in [2.45, 2.75) is 37.9 Å². The van der Waals surface area contributed by atoms with Crippen LogP contribution in [0.25, 0.3) is 0 Å². The Morgan fingerprint density at radius 1 is 0.946 bits per heavy atom. The van der Waals surface area contributed by atoms with Crippen molar-refractivity contribution in [3.8, 4) is 12.1 Å². The summed E-state index contributed by atoms with van der Waals surface area (Å²) in [6, 6.07) is 20.3. The van der Waals surface area contributed by atoms with E-state index in [-0.39, 0.29) is 29.2 Å². The zero-order valence-corrected chi connectivity index (χ0v) is 22.7. The van der Waals surface area contributed by atoms with Gasteiger partial charge >= 0.3 is 0 Å². The first-order valence-electron chi connectivity index (χ1n) is 12.8. The molecule has 2 saturated heterocycles. The molecule has 0 radical (unpaired) electrons. The van der Waals surface area contributed by atoms with E-state index >= 15 is 0 Å². The maximum atomic E-state index is 10.8. The maximum Gasteiger partial charge on any atom is 0.246 e. The van der Waals surface area contributed by atoms with Crippen molar-refractivity contribution in [2.24, 2.45) is 28.3 Å². The molecule has 0 amide bonds. The van der Waals surface area contributed by atoms with Crippen LogP contribution in [0.15, 0.2) is 53.6 Å². The van der Waals surface area contributed by atoms with Gasteiger partial charge in [-0.15, -0.1) is 0 Å². The molecule has 37 heavy (non-hydrogen) atoms. The van der Waals surface area contributed by atoms with Crippen LogP contribution < -0.4 is 0 Å². The Morgan fingerprint density at radius 2 is 1.51 bits per heavy atom. The third kappa shape index (κ3) is 3.20. The minimum absolute atomic E-state index is 0.0594. The lowest BCUT2D eigenvalue weighted by atomic mass is 9.71. The predicted molar refractivity (Wildman–Crippen MR) is 143 cm³/mol. The van der Waals surface area contributed by atoms with E-state index in [2.05, 4.69) is 49.9 Å². The van der Waals surface area contributed by atoms with E-state index in [1.807, 2.05) is 41.4 Å². The molecule has 3 fully saturated rings. The van der Waals surface area contributed by atoms with Crippen LogP contribution in [-0.2, 0) is 10.3 Å². The number of rotatable bonds is 3. The Morgan fingerprint density at radius 3 is 2.08 bits per heavy atom. The largest absolute Gasteiger partial charge is 0.379 e. The quantitative estimate of drug-likeness (QED) is 0.533. The highest BCUT2D eigenvalue weighted by atomic mass is 35.5. The van der Waals surface area contributed by atoms with Crippen LogP contribution in [0.4, 0.5) is 0 Å². The summed E-state index contributed by atoms with van der Waals surface area (Å²) < 4.78 is 5.64. The number of nitriles is 2. The summed E-state index contributed by atoms with van der Waals surface area (Å²) in [4.78, 5) is 2.28. The van der Waals surface area contributed by atoms with Crippen molar-refractivity contribution in [2.75, 3.05) is 26.3 Å². The van der Waals surface area contributed by atoms with Gasteiger partial charge in [0.1, 0.15) is 12.1 Å². The second-order valence-corrected chi connectivity index (χ2v) is 12.2. The second-order valence-electron chi connectivity index (χ2n) is 11.3. The summed E-state index contributed by atoms with van der Waals surface area (Å²) in [7, 11) is 0. The summed E-state index contributed by atoms with van der Waals surface area (Å²) in [5.41, 5.74) is 0.718. The molecule has 3 aliphatic heterocycles. The summed E-state index contributed by atoms with van der Waals surface area (Å²) in [5, 5.41) is 30.2. The van der Waals surface area contributed by atoms with Crippen LogP contribution in [0.5, 0.6) is 0 Å². The van der Waals surface area contributed by atoms with Gasteiger partial charge in [-0.1, -0.05) is 68.2 Å². The molecule has 0 unspecified atom stereocenters. The molecule has 2 aromatic carbocycles. The van der Waals surface area contributed by atoms with Gasteiger partial charge in [0.25, 0.3) is 0 Å². The number of halogens is 2. The number of hydrogen-bond donors (Lipinski definition) is 0. The molecule has 8 heteroatoms. The molecule has 1 saturated carbocycles. The molecule has 6 rings (SSSR count). The Kier molecular flexibility index (Phi) is 5.64. The fourth-order valence-electron chi connectivity index (χ4n) is 7.76. The first-order valence-corrected chi connectivity index (χ1v) is 13.5. The van der Waals surface area contributed by atoms with E-state index in [9.17, 15) is 10.5 Å². The van der Waals surface area contributed by atoms with Gasteiger partial charge in [0.2, 0.25) is 5.54 Å². The normalized spacial score (nSPS) is 33.5. The SMILES string of the molecule is C[C@@H]1[C@H](N2CCOCC2)C(C#N)(C#N)N2N=C(c3ccc(Cl)cc3)[C@@H]3[C@@H](C3(C)C)[C@]12c1ccc(Cl)cc1. The molecule has 1 aliphatic carbocycles. The fourth-order valence-corrected chi connectivity index (χ4v) is 8.01. The molecular weight excluding hydrogens is 505 g/mol. The highest BCUT2D eigenvalue weighted by molar-refractivity contribution is 6.31. The van der Waals surface area contributed by atoms with E-state index in [0.29, 0.717) is 36.3 Å². The predicted octanol–water partition coefficient (Wildman–Crippen LogP) is 5.32. The van der Waals surface area contributed by atoms with Crippen LogP contribution in [0.2, 0.25) is 10.0 Å². The van der Waals surface area contributed by atoms with Gasteiger partial charge in [0.05, 0.1) is 30.5 Å². The molecule has 0 spiro atoms. The van der Waals surface area contributed by atoms with Crippen LogP contribution >= 0.6 is 23.2 Å². The number of nitrogens with zero attached hydrogens (tertiary/aromatic N) is 5. The van der Waals surface area contributed by atoms with Gasteiger partial charge in [-0.2, -0.15) is 15.6 Å². The molecule has 190 valence electrons. The van der Waals surface area contributed by atoms with Gasteiger partial charge in [-0.05, 0) is 40.8 Å². The minimum atomic E-state index is -1.47. The zero-order chi connectivity index (χ0) is 26.2. The van der Waals surface area contributed by atoms with Gasteiger partial charge < -0.3 is 4.74 Å². The van der Waals surface area contributed by atoms with E-state index in [0.717, 1.165) is 16.8 Å². The van der Waals surface area contributed by atoms with Crippen molar-refractivity contribution < 1.29 is 4.74 Å². The molecular formula is C29H29Cl2N5O. The Bertz CT molecular complexity index is 1320. The molecule has 4 aliphatic rings. The number of morpholine rings is 1. The Labute approximate surface area is 228 Å².